The third-order valence-corrected chi connectivity index (χ3v) is 4.25. The minimum Gasteiger partial charge on any atom is -0.355 e. The lowest BCUT2D eigenvalue weighted by molar-refractivity contribution is 0.378. The first-order chi connectivity index (χ1) is 10.0. The summed E-state index contributed by atoms with van der Waals surface area (Å²) >= 11 is 0. The molecule has 0 aliphatic heterocycles. The maximum atomic E-state index is 9.48. The van der Waals surface area contributed by atoms with Crippen molar-refractivity contribution in [1.29, 1.82) is 5.26 Å². The van der Waals surface area contributed by atoms with Crippen LogP contribution < -0.4 is 10.6 Å². The van der Waals surface area contributed by atoms with E-state index >= 15 is 0 Å². The molecule has 0 bridgehead atoms. The average Bonchev–Trinajstić information content (AvgIpc) is 2.51. The normalized spacial score (nSPS) is 14.4. The number of hydrogen-bond donors (Lipinski definition) is 1. The summed E-state index contributed by atoms with van der Waals surface area (Å²) in [5.41, 5.74) is 9.01. The third kappa shape index (κ3) is 3.54. The second-order valence-electron chi connectivity index (χ2n) is 6.67. The molecule has 0 saturated carbocycles. The van der Waals surface area contributed by atoms with Crippen LogP contribution in [0.1, 0.15) is 50.4 Å². The molecule has 0 fully saturated rings. The van der Waals surface area contributed by atoms with Gasteiger partial charge in [-0.15, -0.1) is 0 Å². The lowest BCUT2D eigenvalue weighted by Gasteiger charge is -2.33. The standard InChI is InChI=1S/C17H26N4/c1-4-21(12-17(2,3)11-19)16-14(10-18)9-13-7-5-6-8-15(13)20-16/h9H,4-8,11-12,19H2,1-3H3. The van der Waals surface area contributed by atoms with Crippen molar-refractivity contribution < 1.29 is 0 Å². The Kier molecular flexibility index (Phi) is 4.84. The number of anilines is 1. The van der Waals surface area contributed by atoms with Crippen LogP contribution in [0, 0.1) is 16.7 Å². The Morgan fingerprint density at radius 3 is 2.71 bits per heavy atom. The summed E-state index contributed by atoms with van der Waals surface area (Å²) in [7, 11) is 0. The van der Waals surface area contributed by atoms with E-state index in [1.807, 2.05) is 0 Å². The number of aryl methyl sites for hydroxylation is 2. The molecule has 0 unspecified atom stereocenters. The average molecular weight is 286 g/mol. The van der Waals surface area contributed by atoms with Gasteiger partial charge in [0.15, 0.2) is 0 Å². The Labute approximate surface area is 128 Å². The lowest BCUT2D eigenvalue weighted by Crippen LogP contribution is -2.39. The van der Waals surface area contributed by atoms with E-state index < -0.39 is 0 Å². The molecule has 0 atom stereocenters. The Bertz CT molecular complexity index is 542. The zero-order valence-corrected chi connectivity index (χ0v) is 13.4. The molecule has 4 nitrogen and oxygen atoms in total. The number of nitrogens with zero attached hydrogens (tertiary/aromatic N) is 3. The van der Waals surface area contributed by atoms with Gasteiger partial charge in [0.2, 0.25) is 0 Å². The Morgan fingerprint density at radius 1 is 1.38 bits per heavy atom. The number of hydrogen-bond acceptors (Lipinski definition) is 4. The van der Waals surface area contributed by atoms with Crippen LogP contribution in [0.5, 0.6) is 0 Å². The predicted molar refractivity (Wildman–Crippen MR) is 86.3 cm³/mol. The summed E-state index contributed by atoms with van der Waals surface area (Å²) in [5, 5.41) is 9.48. The molecule has 0 radical (unpaired) electrons. The van der Waals surface area contributed by atoms with E-state index in [1.165, 1.54) is 24.1 Å². The molecular formula is C17H26N4. The Balaban J connectivity index is 2.38. The van der Waals surface area contributed by atoms with Crippen LogP contribution in [0.3, 0.4) is 0 Å². The zero-order valence-electron chi connectivity index (χ0n) is 13.4. The fourth-order valence-corrected chi connectivity index (χ4v) is 2.86. The number of nitriles is 1. The largest absolute Gasteiger partial charge is 0.355 e. The van der Waals surface area contributed by atoms with Crippen molar-refractivity contribution in [3.63, 3.8) is 0 Å². The van der Waals surface area contributed by atoms with Crippen LogP contribution in [0.15, 0.2) is 6.07 Å². The molecule has 1 aromatic rings. The van der Waals surface area contributed by atoms with Gasteiger partial charge >= 0.3 is 0 Å². The maximum Gasteiger partial charge on any atom is 0.146 e. The maximum absolute atomic E-state index is 9.48. The summed E-state index contributed by atoms with van der Waals surface area (Å²) in [4.78, 5) is 7.03. The van der Waals surface area contributed by atoms with Gasteiger partial charge in [-0.2, -0.15) is 5.26 Å². The second-order valence-corrected chi connectivity index (χ2v) is 6.67. The molecule has 4 heteroatoms. The molecule has 1 aliphatic carbocycles. The molecule has 1 heterocycles. The number of aromatic nitrogens is 1. The zero-order chi connectivity index (χ0) is 15.5. The Hall–Kier alpha value is -1.60. The van der Waals surface area contributed by atoms with Crippen molar-refractivity contribution in [1.82, 2.24) is 4.98 Å². The summed E-state index contributed by atoms with van der Waals surface area (Å²) in [6, 6.07) is 4.38. The quantitative estimate of drug-likeness (QED) is 0.903. The molecule has 2 N–H and O–H groups in total. The highest BCUT2D eigenvalue weighted by molar-refractivity contribution is 5.56. The van der Waals surface area contributed by atoms with E-state index in [2.05, 4.69) is 37.8 Å². The molecule has 0 amide bonds. The van der Waals surface area contributed by atoms with Gasteiger partial charge in [-0.25, -0.2) is 4.98 Å². The minimum atomic E-state index is 0.0142. The summed E-state index contributed by atoms with van der Waals surface area (Å²) in [6.07, 6.45) is 4.49. The van der Waals surface area contributed by atoms with Crippen molar-refractivity contribution in [3.8, 4) is 6.07 Å². The minimum absolute atomic E-state index is 0.0142. The molecule has 114 valence electrons. The third-order valence-electron chi connectivity index (χ3n) is 4.25. The van der Waals surface area contributed by atoms with Crippen molar-refractivity contribution in [2.45, 2.75) is 46.5 Å². The van der Waals surface area contributed by atoms with Crippen LogP contribution in [0.2, 0.25) is 0 Å². The van der Waals surface area contributed by atoms with Gasteiger partial charge in [0, 0.05) is 18.8 Å². The number of fused-ring (bicyclic) bond motifs is 1. The van der Waals surface area contributed by atoms with Crippen LogP contribution in [-0.2, 0) is 12.8 Å². The smallest absolute Gasteiger partial charge is 0.146 e. The molecular weight excluding hydrogens is 260 g/mol. The molecule has 1 aromatic heterocycles. The fraction of sp³-hybridized carbons (Fsp3) is 0.647. The van der Waals surface area contributed by atoms with Gasteiger partial charge in [-0.3, -0.25) is 0 Å². The molecule has 1 aliphatic rings. The summed E-state index contributed by atoms with van der Waals surface area (Å²) in [5.74, 6) is 0.835. The van der Waals surface area contributed by atoms with E-state index in [0.29, 0.717) is 12.1 Å². The van der Waals surface area contributed by atoms with Gasteiger partial charge in [0.25, 0.3) is 0 Å². The van der Waals surface area contributed by atoms with Gasteiger partial charge < -0.3 is 10.6 Å². The summed E-state index contributed by atoms with van der Waals surface area (Å²) in [6.45, 7) is 8.69. The highest BCUT2D eigenvalue weighted by Gasteiger charge is 2.24. The molecule has 0 aromatic carbocycles. The number of pyridine rings is 1. The van der Waals surface area contributed by atoms with Gasteiger partial charge in [0.1, 0.15) is 11.9 Å². The van der Waals surface area contributed by atoms with Crippen molar-refractivity contribution in [3.05, 3.63) is 22.9 Å². The van der Waals surface area contributed by atoms with Gasteiger partial charge in [-0.05, 0) is 56.2 Å². The van der Waals surface area contributed by atoms with E-state index in [9.17, 15) is 5.26 Å². The second kappa shape index (κ2) is 6.44. The van der Waals surface area contributed by atoms with Crippen LogP contribution >= 0.6 is 0 Å². The van der Waals surface area contributed by atoms with Crippen molar-refractivity contribution in [2.24, 2.45) is 11.1 Å². The molecule has 2 rings (SSSR count). The van der Waals surface area contributed by atoms with E-state index in [-0.39, 0.29) is 5.41 Å². The topological polar surface area (TPSA) is 65.9 Å². The van der Waals surface area contributed by atoms with Crippen LogP contribution in [0.25, 0.3) is 0 Å². The predicted octanol–water partition coefficient (Wildman–Crippen LogP) is 2.64. The Morgan fingerprint density at radius 2 is 2.10 bits per heavy atom. The highest BCUT2D eigenvalue weighted by atomic mass is 15.2. The molecule has 21 heavy (non-hydrogen) atoms. The number of rotatable bonds is 5. The SMILES string of the molecule is CCN(CC(C)(C)CN)c1nc2c(cc1C#N)CCCC2. The van der Waals surface area contributed by atoms with Gasteiger partial charge in [0.05, 0.1) is 5.56 Å². The number of nitrogens with two attached hydrogens (primary N) is 1. The van der Waals surface area contributed by atoms with E-state index in [1.54, 1.807) is 0 Å². The van der Waals surface area contributed by atoms with E-state index in [4.69, 9.17) is 10.7 Å². The summed E-state index contributed by atoms with van der Waals surface area (Å²) < 4.78 is 0. The highest BCUT2D eigenvalue weighted by Crippen LogP contribution is 2.28. The van der Waals surface area contributed by atoms with Crippen LogP contribution in [-0.4, -0.2) is 24.6 Å². The van der Waals surface area contributed by atoms with Crippen molar-refractivity contribution >= 4 is 5.82 Å². The lowest BCUT2D eigenvalue weighted by atomic mass is 9.92. The first kappa shape index (κ1) is 15.8. The molecule has 0 spiro atoms. The van der Waals surface area contributed by atoms with E-state index in [0.717, 1.165) is 31.7 Å². The monoisotopic (exact) mass is 286 g/mol. The first-order valence-corrected chi connectivity index (χ1v) is 7.88. The molecule has 0 saturated heterocycles. The van der Waals surface area contributed by atoms with Gasteiger partial charge in [-0.1, -0.05) is 13.8 Å². The fourth-order valence-electron chi connectivity index (χ4n) is 2.86. The van der Waals surface area contributed by atoms with Crippen LogP contribution in [0.4, 0.5) is 5.82 Å². The first-order valence-electron chi connectivity index (χ1n) is 7.88. The van der Waals surface area contributed by atoms with Crippen molar-refractivity contribution in [2.75, 3.05) is 24.5 Å².